The van der Waals surface area contributed by atoms with E-state index in [1.807, 2.05) is 18.2 Å². The summed E-state index contributed by atoms with van der Waals surface area (Å²) in [6.45, 7) is 2.11. The zero-order chi connectivity index (χ0) is 14.8. The molecule has 0 aliphatic heterocycles. The van der Waals surface area contributed by atoms with Gasteiger partial charge < -0.3 is 9.30 Å². The van der Waals surface area contributed by atoms with Gasteiger partial charge in [-0.3, -0.25) is 0 Å². The van der Waals surface area contributed by atoms with Crippen LogP contribution >= 0.6 is 15.9 Å². The maximum Gasteiger partial charge on any atom is 0.142 e. The van der Waals surface area contributed by atoms with Crippen molar-refractivity contribution in [2.75, 3.05) is 7.11 Å². The van der Waals surface area contributed by atoms with Crippen LogP contribution < -0.4 is 4.74 Å². The lowest BCUT2D eigenvalue weighted by Crippen LogP contribution is -2.01. The third-order valence-corrected chi connectivity index (χ3v) is 4.07. The Balaban J connectivity index is 2.20. The zero-order valence-electron chi connectivity index (χ0n) is 12.0. The quantitative estimate of drug-likeness (QED) is 0.636. The Hall–Kier alpha value is -2.00. The summed E-state index contributed by atoms with van der Waals surface area (Å²) in [7, 11) is 1.71. The van der Waals surface area contributed by atoms with Crippen molar-refractivity contribution in [3.8, 4) is 22.7 Å². The highest BCUT2D eigenvalue weighted by molar-refractivity contribution is 9.10. The van der Waals surface area contributed by atoms with Crippen LogP contribution in [0.25, 0.3) is 16.9 Å². The van der Waals surface area contributed by atoms with Crippen molar-refractivity contribution in [2.45, 2.75) is 6.92 Å². The fourth-order valence-corrected chi connectivity index (χ4v) is 2.78. The van der Waals surface area contributed by atoms with Crippen molar-refractivity contribution in [1.82, 2.24) is 4.57 Å². The number of benzene rings is 2. The Morgan fingerprint density at radius 1 is 0.905 bits per heavy atom. The lowest BCUT2D eigenvalue weighted by Gasteiger charge is -2.15. The third-order valence-electron chi connectivity index (χ3n) is 3.54. The fourth-order valence-electron chi connectivity index (χ4n) is 2.52. The normalized spacial score (nSPS) is 10.6. The van der Waals surface area contributed by atoms with Gasteiger partial charge in [0.05, 0.1) is 18.5 Å². The van der Waals surface area contributed by atoms with Crippen molar-refractivity contribution in [2.24, 2.45) is 0 Å². The van der Waals surface area contributed by atoms with Gasteiger partial charge in [0.1, 0.15) is 5.75 Å². The molecule has 0 saturated carbocycles. The Labute approximate surface area is 133 Å². The number of para-hydroxylation sites is 2. The lowest BCUT2D eigenvalue weighted by molar-refractivity contribution is 0.413. The Bertz CT molecular complexity index is 759. The molecule has 3 rings (SSSR count). The van der Waals surface area contributed by atoms with Crippen molar-refractivity contribution in [3.63, 3.8) is 0 Å². The first-order valence-corrected chi connectivity index (χ1v) is 7.57. The van der Waals surface area contributed by atoms with Crippen LogP contribution in [0, 0.1) is 6.92 Å². The van der Waals surface area contributed by atoms with Gasteiger partial charge in [-0.05, 0) is 48.9 Å². The maximum atomic E-state index is 5.51. The molecule has 0 amide bonds. The Morgan fingerprint density at radius 3 is 2.33 bits per heavy atom. The molecular formula is C18H16BrNO. The molecule has 0 aliphatic carbocycles. The summed E-state index contributed by atoms with van der Waals surface area (Å²) in [6.07, 6.45) is 0. The van der Waals surface area contributed by atoms with Gasteiger partial charge in [0.25, 0.3) is 0 Å². The summed E-state index contributed by atoms with van der Waals surface area (Å²) in [4.78, 5) is 0. The molecular weight excluding hydrogens is 326 g/mol. The standard InChI is InChI=1S/C18H16BrNO/c1-13-7-12-16(14-8-10-15(19)11-9-14)20(13)17-5-3-4-6-18(17)21-2/h3-12H,1-2H3. The average Bonchev–Trinajstić information content (AvgIpc) is 2.89. The molecule has 3 aromatic rings. The molecule has 0 radical (unpaired) electrons. The van der Waals surface area contributed by atoms with Crippen molar-refractivity contribution in [3.05, 3.63) is 70.8 Å². The smallest absolute Gasteiger partial charge is 0.142 e. The molecule has 2 aromatic carbocycles. The molecule has 0 unspecified atom stereocenters. The molecule has 0 bridgehead atoms. The van der Waals surface area contributed by atoms with Crippen LogP contribution in [0.1, 0.15) is 5.69 Å². The van der Waals surface area contributed by atoms with Crippen LogP contribution in [0.4, 0.5) is 0 Å². The van der Waals surface area contributed by atoms with E-state index >= 15 is 0 Å². The highest BCUT2D eigenvalue weighted by Crippen LogP contribution is 2.31. The number of aryl methyl sites for hydroxylation is 1. The molecule has 21 heavy (non-hydrogen) atoms. The molecule has 1 heterocycles. The second-order valence-electron chi connectivity index (χ2n) is 4.87. The minimum atomic E-state index is 0.871. The molecule has 0 fully saturated rings. The molecule has 0 saturated heterocycles. The fraction of sp³-hybridized carbons (Fsp3) is 0.111. The number of hydrogen-bond donors (Lipinski definition) is 0. The van der Waals surface area contributed by atoms with Crippen molar-refractivity contribution >= 4 is 15.9 Å². The van der Waals surface area contributed by atoms with Gasteiger partial charge in [-0.1, -0.05) is 40.2 Å². The summed E-state index contributed by atoms with van der Waals surface area (Å²) in [6, 6.07) is 20.7. The van der Waals surface area contributed by atoms with Gasteiger partial charge in [-0.25, -0.2) is 0 Å². The number of halogens is 1. The first-order chi connectivity index (χ1) is 10.2. The molecule has 1 aromatic heterocycles. The third kappa shape index (κ3) is 2.61. The van der Waals surface area contributed by atoms with Gasteiger partial charge in [0.2, 0.25) is 0 Å². The second kappa shape index (κ2) is 5.78. The Morgan fingerprint density at radius 2 is 1.62 bits per heavy atom. The van der Waals surface area contributed by atoms with Crippen LogP contribution in [0.3, 0.4) is 0 Å². The summed E-state index contributed by atoms with van der Waals surface area (Å²) in [5.74, 6) is 0.871. The molecule has 0 N–H and O–H groups in total. The predicted octanol–water partition coefficient (Wildman–Crippen LogP) is 5.22. The zero-order valence-corrected chi connectivity index (χ0v) is 13.6. The minimum Gasteiger partial charge on any atom is -0.495 e. The highest BCUT2D eigenvalue weighted by atomic mass is 79.9. The molecule has 3 heteroatoms. The molecule has 0 spiro atoms. The van der Waals surface area contributed by atoms with E-state index in [-0.39, 0.29) is 0 Å². The second-order valence-corrected chi connectivity index (χ2v) is 5.79. The van der Waals surface area contributed by atoms with E-state index in [1.54, 1.807) is 7.11 Å². The maximum absolute atomic E-state index is 5.51. The van der Waals surface area contributed by atoms with Crippen molar-refractivity contribution in [1.29, 1.82) is 0 Å². The van der Waals surface area contributed by atoms with E-state index in [4.69, 9.17) is 4.74 Å². The first kappa shape index (κ1) is 14.0. The number of methoxy groups -OCH3 is 1. The lowest BCUT2D eigenvalue weighted by atomic mass is 10.1. The number of ether oxygens (including phenoxy) is 1. The van der Waals surface area contributed by atoms with Gasteiger partial charge in [0.15, 0.2) is 0 Å². The van der Waals surface area contributed by atoms with Crippen molar-refractivity contribution < 1.29 is 4.74 Å². The average molecular weight is 342 g/mol. The van der Waals surface area contributed by atoms with Gasteiger partial charge in [-0.15, -0.1) is 0 Å². The predicted molar refractivity (Wildman–Crippen MR) is 90.2 cm³/mol. The molecule has 0 aliphatic rings. The monoisotopic (exact) mass is 341 g/mol. The molecule has 0 atom stereocenters. The molecule has 106 valence electrons. The minimum absolute atomic E-state index is 0.871. The SMILES string of the molecule is COc1ccccc1-n1c(C)ccc1-c1ccc(Br)cc1. The summed E-state index contributed by atoms with van der Waals surface area (Å²) in [5, 5.41) is 0. The number of aromatic nitrogens is 1. The van der Waals surface area contributed by atoms with Gasteiger partial charge in [-0.2, -0.15) is 0 Å². The van der Waals surface area contributed by atoms with E-state index < -0.39 is 0 Å². The first-order valence-electron chi connectivity index (χ1n) is 6.78. The largest absolute Gasteiger partial charge is 0.495 e. The Kier molecular flexibility index (Phi) is 3.84. The highest BCUT2D eigenvalue weighted by Gasteiger charge is 2.12. The van der Waals surface area contributed by atoms with E-state index in [9.17, 15) is 0 Å². The van der Waals surface area contributed by atoms with Crippen LogP contribution in [-0.2, 0) is 0 Å². The van der Waals surface area contributed by atoms with Crippen LogP contribution in [-0.4, -0.2) is 11.7 Å². The van der Waals surface area contributed by atoms with Crippen LogP contribution in [0.15, 0.2) is 65.1 Å². The van der Waals surface area contributed by atoms with E-state index in [0.29, 0.717) is 0 Å². The van der Waals surface area contributed by atoms with Gasteiger partial charge in [0, 0.05) is 10.2 Å². The summed E-state index contributed by atoms with van der Waals surface area (Å²) < 4.78 is 8.81. The number of rotatable bonds is 3. The van der Waals surface area contributed by atoms with Crippen LogP contribution in [0.5, 0.6) is 5.75 Å². The molecule has 2 nitrogen and oxygen atoms in total. The number of nitrogens with zero attached hydrogens (tertiary/aromatic N) is 1. The van der Waals surface area contributed by atoms with E-state index in [1.165, 1.54) is 11.3 Å². The van der Waals surface area contributed by atoms with E-state index in [0.717, 1.165) is 21.6 Å². The van der Waals surface area contributed by atoms with Crippen LogP contribution in [0.2, 0.25) is 0 Å². The summed E-state index contributed by atoms with van der Waals surface area (Å²) >= 11 is 3.48. The van der Waals surface area contributed by atoms with Gasteiger partial charge >= 0.3 is 0 Å². The number of hydrogen-bond acceptors (Lipinski definition) is 1. The summed E-state index contributed by atoms with van der Waals surface area (Å²) in [5.41, 5.74) is 4.57. The topological polar surface area (TPSA) is 14.2 Å². The van der Waals surface area contributed by atoms with E-state index in [2.05, 4.69) is 69.9 Å².